The van der Waals surface area contributed by atoms with E-state index in [1.54, 1.807) is 0 Å². The molecule has 0 aliphatic rings. The summed E-state index contributed by atoms with van der Waals surface area (Å²) in [6, 6.07) is 2.24. The average Bonchev–Trinajstić information content (AvgIpc) is 2.75. The first-order valence-electron chi connectivity index (χ1n) is 6.99. The summed E-state index contributed by atoms with van der Waals surface area (Å²) in [4.78, 5) is 0. The Morgan fingerprint density at radius 2 is 1.94 bits per heavy atom. The molecule has 0 saturated carbocycles. The molecule has 1 unspecified atom stereocenters. The molecule has 0 spiro atoms. The maximum atomic E-state index is 6.12. The second-order valence-electron chi connectivity index (χ2n) is 5.75. The van der Waals surface area contributed by atoms with Crippen molar-refractivity contribution in [2.45, 2.75) is 46.7 Å². The van der Waals surface area contributed by atoms with Crippen molar-refractivity contribution >= 4 is 0 Å². The van der Waals surface area contributed by atoms with Crippen LogP contribution in [0.2, 0.25) is 0 Å². The van der Waals surface area contributed by atoms with Gasteiger partial charge in [0.15, 0.2) is 0 Å². The second-order valence-corrected chi connectivity index (χ2v) is 5.75. The van der Waals surface area contributed by atoms with Crippen molar-refractivity contribution in [2.24, 2.45) is 17.6 Å². The van der Waals surface area contributed by atoms with Crippen molar-refractivity contribution in [3.05, 3.63) is 24.0 Å². The molecule has 1 aromatic heterocycles. The lowest BCUT2D eigenvalue weighted by Gasteiger charge is -2.13. The Morgan fingerprint density at radius 3 is 2.56 bits per heavy atom. The summed E-state index contributed by atoms with van der Waals surface area (Å²) in [5, 5.41) is 0. The van der Waals surface area contributed by atoms with E-state index < -0.39 is 0 Å². The zero-order valence-corrected chi connectivity index (χ0v) is 12.2. The molecule has 3 heteroatoms. The van der Waals surface area contributed by atoms with Crippen LogP contribution in [-0.4, -0.2) is 17.8 Å². The Kier molecular flexibility index (Phi) is 6.44. The molecular weight excluding hydrogens is 224 g/mol. The summed E-state index contributed by atoms with van der Waals surface area (Å²) in [5.74, 6) is 1.19. The fourth-order valence-corrected chi connectivity index (χ4v) is 1.77. The summed E-state index contributed by atoms with van der Waals surface area (Å²) in [6.45, 7) is 11.3. The third kappa shape index (κ3) is 5.23. The Bertz CT molecular complexity index is 331. The zero-order chi connectivity index (χ0) is 13.5. The molecule has 0 aromatic carbocycles. The lowest BCUT2D eigenvalue weighted by Crippen LogP contribution is -2.16. The molecule has 104 valence electrons. The van der Waals surface area contributed by atoms with Crippen LogP contribution in [0.5, 0.6) is 0 Å². The van der Waals surface area contributed by atoms with E-state index in [2.05, 4.69) is 50.7 Å². The van der Waals surface area contributed by atoms with E-state index in [1.807, 2.05) is 0 Å². The lowest BCUT2D eigenvalue weighted by molar-refractivity contribution is 0.116. The van der Waals surface area contributed by atoms with Gasteiger partial charge in [-0.1, -0.05) is 27.7 Å². The molecule has 0 fully saturated rings. The smallest absolute Gasteiger partial charge is 0.0645 e. The molecule has 0 radical (unpaired) electrons. The zero-order valence-electron chi connectivity index (χ0n) is 12.2. The van der Waals surface area contributed by atoms with E-state index in [-0.39, 0.29) is 6.04 Å². The number of nitrogens with two attached hydrogens (primary N) is 1. The van der Waals surface area contributed by atoms with Crippen LogP contribution in [0.25, 0.3) is 0 Å². The molecular formula is C15H28N2O. The van der Waals surface area contributed by atoms with Gasteiger partial charge in [0.1, 0.15) is 0 Å². The van der Waals surface area contributed by atoms with Crippen LogP contribution in [0.1, 0.15) is 45.7 Å². The van der Waals surface area contributed by atoms with Crippen LogP contribution >= 0.6 is 0 Å². The Hall–Kier alpha value is -0.800. The second kappa shape index (κ2) is 7.59. The largest absolute Gasteiger partial charge is 0.380 e. The molecule has 1 heterocycles. The highest BCUT2D eigenvalue weighted by Gasteiger charge is 2.11. The van der Waals surface area contributed by atoms with Crippen LogP contribution in [0.4, 0.5) is 0 Å². The predicted molar refractivity (Wildman–Crippen MR) is 76.5 cm³/mol. The van der Waals surface area contributed by atoms with Crippen LogP contribution in [0, 0.1) is 11.8 Å². The summed E-state index contributed by atoms with van der Waals surface area (Å²) < 4.78 is 7.77. The first-order chi connectivity index (χ1) is 8.50. The topological polar surface area (TPSA) is 40.2 Å². The fourth-order valence-electron chi connectivity index (χ4n) is 1.77. The maximum Gasteiger partial charge on any atom is 0.0645 e. The summed E-state index contributed by atoms with van der Waals surface area (Å²) in [6.07, 6.45) is 5.36. The molecule has 0 bridgehead atoms. The van der Waals surface area contributed by atoms with Crippen molar-refractivity contribution in [2.75, 3.05) is 13.2 Å². The average molecular weight is 252 g/mol. The Labute approximate surface area is 111 Å². The number of hydrogen-bond acceptors (Lipinski definition) is 2. The number of hydrogen-bond donors (Lipinski definition) is 1. The van der Waals surface area contributed by atoms with Crippen LogP contribution in [-0.2, 0) is 11.3 Å². The minimum absolute atomic E-state index is 0.133. The molecule has 1 aromatic rings. The molecule has 0 saturated heterocycles. The van der Waals surface area contributed by atoms with E-state index in [4.69, 9.17) is 10.5 Å². The van der Waals surface area contributed by atoms with Crippen molar-refractivity contribution in [3.8, 4) is 0 Å². The molecule has 18 heavy (non-hydrogen) atoms. The SMILES string of the molecule is CC(C)CCOCCn1ccc(C(N)C(C)C)c1. The van der Waals surface area contributed by atoms with Crippen LogP contribution in [0.3, 0.4) is 0 Å². The van der Waals surface area contributed by atoms with Gasteiger partial charge in [-0.2, -0.15) is 0 Å². The van der Waals surface area contributed by atoms with Gasteiger partial charge in [-0.05, 0) is 29.9 Å². The molecule has 3 nitrogen and oxygen atoms in total. The van der Waals surface area contributed by atoms with Crippen molar-refractivity contribution in [1.29, 1.82) is 0 Å². The van der Waals surface area contributed by atoms with Crippen molar-refractivity contribution in [3.63, 3.8) is 0 Å². The molecule has 0 aliphatic carbocycles. The minimum atomic E-state index is 0.133. The number of aromatic nitrogens is 1. The van der Waals surface area contributed by atoms with Gasteiger partial charge in [0.2, 0.25) is 0 Å². The van der Waals surface area contributed by atoms with Crippen LogP contribution < -0.4 is 5.73 Å². The number of nitrogens with zero attached hydrogens (tertiary/aromatic N) is 1. The maximum absolute atomic E-state index is 6.12. The quantitative estimate of drug-likeness (QED) is 0.722. The van der Waals surface area contributed by atoms with Gasteiger partial charge in [-0.3, -0.25) is 0 Å². The Morgan fingerprint density at radius 1 is 1.22 bits per heavy atom. The van der Waals surface area contributed by atoms with Gasteiger partial charge in [0.25, 0.3) is 0 Å². The molecule has 1 atom stereocenters. The third-order valence-corrected chi connectivity index (χ3v) is 3.21. The molecule has 1 rings (SSSR count). The molecule has 2 N–H and O–H groups in total. The van der Waals surface area contributed by atoms with Gasteiger partial charge >= 0.3 is 0 Å². The predicted octanol–water partition coefficient (Wildman–Crippen LogP) is 3.21. The monoisotopic (exact) mass is 252 g/mol. The lowest BCUT2D eigenvalue weighted by atomic mass is 10.00. The number of rotatable bonds is 8. The summed E-state index contributed by atoms with van der Waals surface area (Å²) in [7, 11) is 0. The standard InChI is InChI=1S/C15H28N2O/c1-12(2)6-9-18-10-8-17-7-5-14(11-17)15(16)13(3)4/h5,7,11-13,15H,6,8-10,16H2,1-4H3. The summed E-state index contributed by atoms with van der Waals surface area (Å²) in [5.41, 5.74) is 7.33. The first-order valence-corrected chi connectivity index (χ1v) is 6.99. The van der Waals surface area contributed by atoms with Crippen molar-refractivity contribution < 1.29 is 4.74 Å². The van der Waals surface area contributed by atoms with Gasteiger partial charge in [0, 0.05) is 31.6 Å². The minimum Gasteiger partial charge on any atom is -0.380 e. The van der Waals surface area contributed by atoms with E-state index in [0.29, 0.717) is 11.8 Å². The van der Waals surface area contributed by atoms with E-state index in [9.17, 15) is 0 Å². The van der Waals surface area contributed by atoms with E-state index >= 15 is 0 Å². The Balaban J connectivity index is 2.27. The molecule has 0 amide bonds. The fraction of sp³-hybridized carbons (Fsp3) is 0.733. The van der Waals surface area contributed by atoms with Crippen molar-refractivity contribution in [1.82, 2.24) is 4.57 Å². The first kappa shape index (κ1) is 15.3. The van der Waals surface area contributed by atoms with Gasteiger partial charge < -0.3 is 15.0 Å². The summed E-state index contributed by atoms with van der Waals surface area (Å²) >= 11 is 0. The highest BCUT2D eigenvalue weighted by atomic mass is 16.5. The van der Waals surface area contributed by atoms with Gasteiger partial charge in [-0.15, -0.1) is 0 Å². The third-order valence-electron chi connectivity index (χ3n) is 3.21. The van der Waals surface area contributed by atoms with E-state index in [0.717, 1.165) is 26.2 Å². The van der Waals surface area contributed by atoms with E-state index in [1.165, 1.54) is 5.56 Å². The highest BCUT2D eigenvalue weighted by Crippen LogP contribution is 2.18. The molecule has 0 aliphatic heterocycles. The van der Waals surface area contributed by atoms with Gasteiger partial charge in [-0.25, -0.2) is 0 Å². The van der Waals surface area contributed by atoms with Gasteiger partial charge in [0.05, 0.1) is 6.61 Å². The normalized spacial score (nSPS) is 13.5. The van der Waals surface area contributed by atoms with Crippen LogP contribution in [0.15, 0.2) is 18.5 Å². The number of ether oxygens (including phenoxy) is 1. The highest BCUT2D eigenvalue weighted by molar-refractivity contribution is 5.15.